The summed E-state index contributed by atoms with van der Waals surface area (Å²) in [5.74, 6) is -0.609. The molecule has 0 aliphatic heterocycles. The number of methoxy groups -OCH3 is 1. The van der Waals surface area contributed by atoms with E-state index in [2.05, 4.69) is 0 Å². The molecule has 0 spiro atoms. The third kappa shape index (κ3) is 4.79. The number of sulfonamides is 1. The van der Waals surface area contributed by atoms with Gasteiger partial charge in [-0.25, -0.2) is 17.5 Å². The fourth-order valence-corrected chi connectivity index (χ4v) is 2.99. The van der Waals surface area contributed by atoms with Crippen LogP contribution in [0.4, 0.5) is 4.39 Å². The number of amides is 1. The van der Waals surface area contributed by atoms with Gasteiger partial charge >= 0.3 is 0 Å². The lowest BCUT2D eigenvalue weighted by Crippen LogP contribution is -2.30. The molecular formula is C16H16FNO4S. The van der Waals surface area contributed by atoms with E-state index >= 15 is 0 Å². The standard InChI is InChI=1S/C16H16FNO4S/c1-22-14-3-2-4-15(11-14)23(20,21)18-16(19)10-7-12-5-8-13(17)9-6-12/h2-6,8-9,11H,7,10H2,1H3,(H,18,19). The van der Waals surface area contributed by atoms with E-state index in [1.807, 2.05) is 4.72 Å². The number of rotatable bonds is 6. The van der Waals surface area contributed by atoms with Gasteiger partial charge in [-0.2, -0.15) is 0 Å². The SMILES string of the molecule is COc1cccc(S(=O)(=O)NC(=O)CCc2ccc(F)cc2)c1. The van der Waals surface area contributed by atoms with Gasteiger partial charge in [-0.3, -0.25) is 4.79 Å². The van der Waals surface area contributed by atoms with Crippen molar-refractivity contribution < 1.29 is 22.3 Å². The van der Waals surface area contributed by atoms with Gasteiger partial charge in [0.15, 0.2) is 0 Å². The van der Waals surface area contributed by atoms with Crippen molar-refractivity contribution in [1.29, 1.82) is 0 Å². The Labute approximate surface area is 134 Å². The number of hydrogen-bond acceptors (Lipinski definition) is 4. The molecule has 5 nitrogen and oxygen atoms in total. The van der Waals surface area contributed by atoms with Gasteiger partial charge in [-0.05, 0) is 36.2 Å². The molecule has 0 heterocycles. The minimum atomic E-state index is -3.94. The maximum absolute atomic E-state index is 12.8. The van der Waals surface area contributed by atoms with Crippen molar-refractivity contribution in [2.24, 2.45) is 0 Å². The van der Waals surface area contributed by atoms with E-state index in [1.165, 1.54) is 37.4 Å². The summed E-state index contributed by atoms with van der Waals surface area (Å²) in [6.45, 7) is 0. The van der Waals surface area contributed by atoms with Gasteiger partial charge in [-0.15, -0.1) is 0 Å². The molecule has 0 saturated heterocycles. The zero-order valence-electron chi connectivity index (χ0n) is 12.5. The minimum absolute atomic E-state index is 0.0190. The van der Waals surface area contributed by atoms with E-state index in [-0.39, 0.29) is 17.1 Å². The maximum Gasteiger partial charge on any atom is 0.264 e. The number of aryl methyl sites for hydroxylation is 1. The number of benzene rings is 2. The molecule has 0 fully saturated rings. The van der Waals surface area contributed by atoms with Crippen molar-refractivity contribution in [2.75, 3.05) is 7.11 Å². The number of carbonyl (C=O) groups is 1. The normalized spacial score (nSPS) is 11.0. The highest BCUT2D eigenvalue weighted by Crippen LogP contribution is 2.17. The van der Waals surface area contributed by atoms with E-state index < -0.39 is 15.9 Å². The van der Waals surface area contributed by atoms with Gasteiger partial charge in [0.25, 0.3) is 10.0 Å². The molecule has 0 aromatic heterocycles. The number of nitrogens with one attached hydrogen (secondary N) is 1. The molecular weight excluding hydrogens is 321 g/mol. The Morgan fingerprint density at radius 2 is 1.87 bits per heavy atom. The van der Waals surface area contributed by atoms with E-state index in [1.54, 1.807) is 18.2 Å². The molecule has 23 heavy (non-hydrogen) atoms. The molecule has 122 valence electrons. The second-order valence-electron chi connectivity index (χ2n) is 4.83. The lowest BCUT2D eigenvalue weighted by molar-refractivity contribution is -0.119. The number of halogens is 1. The zero-order valence-corrected chi connectivity index (χ0v) is 13.3. The van der Waals surface area contributed by atoms with E-state index in [0.717, 1.165) is 5.56 Å². The van der Waals surface area contributed by atoms with Crippen LogP contribution >= 0.6 is 0 Å². The molecule has 2 aromatic rings. The Bertz CT molecular complexity index is 788. The Morgan fingerprint density at radius 3 is 2.52 bits per heavy atom. The highest BCUT2D eigenvalue weighted by atomic mass is 32.2. The van der Waals surface area contributed by atoms with E-state index in [0.29, 0.717) is 12.2 Å². The van der Waals surface area contributed by atoms with Crippen LogP contribution in [0.15, 0.2) is 53.4 Å². The van der Waals surface area contributed by atoms with Gasteiger partial charge < -0.3 is 4.74 Å². The smallest absolute Gasteiger partial charge is 0.264 e. The summed E-state index contributed by atoms with van der Waals surface area (Å²) in [5.41, 5.74) is 0.750. The van der Waals surface area contributed by atoms with Crippen LogP contribution in [0.25, 0.3) is 0 Å². The summed E-state index contributed by atoms with van der Waals surface area (Å²) in [6, 6.07) is 11.5. The van der Waals surface area contributed by atoms with Gasteiger partial charge in [0.1, 0.15) is 11.6 Å². The van der Waals surface area contributed by atoms with Crippen molar-refractivity contribution in [3.8, 4) is 5.75 Å². The van der Waals surface area contributed by atoms with Crippen LogP contribution in [0.2, 0.25) is 0 Å². The zero-order chi connectivity index (χ0) is 16.9. The highest BCUT2D eigenvalue weighted by Gasteiger charge is 2.18. The molecule has 0 saturated carbocycles. The third-order valence-corrected chi connectivity index (χ3v) is 4.52. The summed E-state index contributed by atoms with van der Waals surface area (Å²) in [4.78, 5) is 11.8. The summed E-state index contributed by atoms with van der Waals surface area (Å²) in [7, 11) is -2.52. The van der Waals surface area contributed by atoms with Crippen LogP contribution < -0.4 is 9.46 Å². The summed E-state index contributed by atoms with van der Waals surface area (Å²) >= 11 is 0. The fraction of sp³-hybridized carbons (Fsp3) is 0.188. The largest absolute Gasteiger partial charge is 0.497 e. The van der Waals surface area contributed by atoms with Crippen LogP contribution in [0.1, 0.15) is 12.0 Å². The van der Waals surface area contributed by atoms with Gasteiger partial charge in [0, 0.05) is 12.5 Å². The number of hydrogen-bond donors (Lipinski definition) is 1. The third-order valence-electron chi connectivity index (χ3n) is 3.15. The first-order chi connectivity index (χ1) is 10.9. The Balaban J connectivity index is 1.99. The summed E-state index contributed by atoms with van der Waals surface area (Å²) in [6.07, 6.45) is 0.300. The monoisotopic (exact) mass is 337 g/mol. The van der Waals surface area contributed by atoms with Crippen molar-refractivity contribution in [3.05, 3.63) is 59.9 Å². The molecule has 1 amide bonds. The van der Waals surface area contributed by atoms with Crippen molar-refractivity contribution in [2.45, 2.75) is 17.7 Å². The predicted molar refractivity (Wildman–Crippen MR) is 83.0 cm³/mol. The molecule has 1 N–H and O–H groups in total. The second-order valence-corrected chi connectivity index (χ2v) is 6.52. The van der Waals surface area contributed by atoms with Crippen LogP contribution in [-0.2, 0) is 21.2 Å². The van der Waals surface area contributed by atoms with Crippen LogP contribution in [-0.4, -0.2) is 21.4 Å². The van der Waals surface area contributed by atoms with Gasteiger partial charge in [0.05, 0.1) is 12.0 Å². The Kier molecular flexibility index (Phi) is 5.33. The van der Waals surface area contributed by atoms with Gasteiger partial charge in [-0.1, -0.05) is 18.2 Å². The van der Waals surface area contributed by atoms with E-state index in [4.69, 9.17) is 4.74 Å². The molecule has 0 aliphatic rings. The van der Waals surface area contributed by atoms with Crippen LogP contribution in [0.3, 0.4) is 0 Å². The molecule has 2 aromatic carbocycles. The van der Waals surface area contributed by atoms with Crippen molar-refractivity contribution in [3.63, 3.8) is 0 Å². The van der Waals surface area contributed by atoms with E-state index in [9.17, 15) is 17.6 Å². The number of ether oxygens (including phenoxy) is 1. The average Bonchev–Trinajstić information content (AvgIpc) is 2.54. The first-order valence-corrected chi connectivity index (χ1v) is 8.33. The number of carbonyl (C=O) groups excluding carboxylic acids is 1. The summed E-state index contributed by atoms with van der Waals surface area (Å²) in [5, 5.41) is 0. The Hall–Kier alpha value is -2.41. The van der Waals surface area contributed by atoms with Crippen LogP contribution in [0.5, 0.6) is 5.75 Å². The van der Waals surface area contributed by atoms with Gasteiger partial charge in [0.2, 0.25) is 5.91 Å². The molecule has 0 unspecified atom stereocenters. The average molecular weight is 337 g/mol. The molecule has 0 bridgehead atoms. The molecule has 0 atom stereocenters. The quantitative estimate of drug-likeness (QED) is 0.878. The van der Waals surface area contributed by atoms with Crippen molar-refractivity contribution >= 4 is 15.9 Å². The first kappa shape index (κ1) is 17.0. The minimum Gasteiger partial charge on any atom is -0.497 e. The second kappa shape index (κ2) is 7.23. The molecule has 7 heteroatoms. The lowest BCUT2D eigenvalue weighted by atomic mass is 10.1. The highest BCUT2D eigenvalue weighted by molar-refractivity contribution is 7.90. The molecule has 0 radical (unpaired) electrons. The van der Waals surface area contributed by atoms with Crippen LogP contribution in [0, 0.1) is 5.82 Å². The first-order valence-electron chi connectivity index (χ1n) is 6.85. The lowest BCUT2D eigenvalue weighted by Gasteiger charge is -2.08. The Morgan fingerprint density at radius 1 is 1.17 bits per heavy atom. The summed E-state index contributed by atoms with van der Waals surface area (Å²) < 4.78 is 44.0. The predicted octanol–water partition coefficient (Wildman–Crippen LogP) is 2.27. The van der Waals surface area contributed by atoms with Crippen molar-refractivity contribution in [1.82, 2.24) is 4.72 Å². The fourth-order valence-electron chi connectivity index (χ4n) is 1.94. The molecule has 2 rings (SSSR count). The topological polar surface area (TPSA) is 72.5 Å². The maximum atomic E-state index is 12.8. The molecule has 0 aliphatic carbocycles.